The Kier molecular flexibility index (Phi) is 4.10. The Morgan fingerprint density at radius 1 is 1.50 bits per heavy atom. The number of aryl methyl sites for hydroxylation is 2. The van der Waals surface area contributed by atoms with Crippen LogP contribution in [0.2, 0.25) is 0 Å². The van der Waals surface area contributed by atoms with Crippen LogP contribution in [0.25, 0.3) is 0 Å². The second kappa shape index (κ2) is 5.43. The fourth-order valence-electron chi connectivity index (χ4n) is 3.50. The third-order valence-corrected chi connectivity index (χ3v) is 4.61. The maximum atomic E-state index is 11.0. The summed E-state index contributed by atoms with van der Waals surface area (Å²) in [6.45, 7) is 4.48. The van der Waals surface area contributed by atoms with Gasteiger partial charge in [-0.25, -0.2) is 0 Å². The molecule has 1 aliphatic carbocycles. The number of aromatic nitrogens is 2. The first-order valence-corrected chi connectivity index (χ1v) is 7.22. The van der Waals surface area contributed by atoms with E-state index in [-0.39, 0.29) is 0 Å². The van der Waals surface area contributed by atoms with E-state index in [1.807, 2.05) is 17.9 Å². The summed E-state index contributed by atoms with van der Waals surface area (Å²) in [6.07, 6.45) is 8.22. The molecule has 0 spiro atoms. The van der Waals surface area contributed by atoms with E-state index in [1.54, 1.807) is 0 Å². The van der Waals surface area contributed by atoms with Crippen molar-refractivity contribution in [1.82, 2.24) is 9.78 Å². The molecular weight excluding hydrogens is 224 g/mol. The highest BCUT2D eigenvalue weighted by Crippen LogP contribution is 2.41. The fourth-order valence-corrected chi connectivity index (χ4v) is 3.50. The monoisotopic (exact) mass is 250 g/mol. The second-order valence-electron chi connectivity index (χ2n) is 6.15. The molecule has 0 bridgehead atoms. The zero-order valence-electron chi connectivity index (χ0n) is 11.9. The molecule has 1 fully saturated rings. The van der Waals surface area contributed by atoms with Gasteiger partial charge in [0.1, 0.15) is 0 Å². The quantitative estimate of drug-likeness (QED) is 0.892. The van der Waals surface area contributed by atoms with Crippen LogP contribution in [0.5, 0.6) is 0 Å². The SMILES string of the molecule is CC(C)C1CCCCC1(O)CCc1ccnn1C. The molecule has 2 unspecified atom stereocenters. The van der Waals surface area contributed by atoms with Crippen molar-refractivity contribution < 1.29 is 5.11 Å². The largest absolute Gasteiger partial charge is 0.390 e. The van der Waals surface area contributed by atoms with Crippen molar-refractivity contribution in [2.24, 2.45) is 18.9 Å². The summed E-state index contributed by atoms with van der Waals surface area (Å²) in [4.78, 5) is 0. The van der Waals surface area contributed by atoms with E-state index >= 15 is 0 Å². The van der Waals surface area contributed by atoms with Gasteiger partial charge in [0, 0.05) is 18.9 Å². The summed E-state index contributed by atoms with van der Waals surface area (Å²) in [5.74, 6) is 1.03. The number of aliphatic hydroxyl groups is 1. The van der Waals surface area contributed by atoms with Gasteiger partial charge in [0.05, 0.1) is 5.60 Å². The van der Waals surface area contributed by atoms with Crippen molar-refractivity contribution in [2.45, 2.75) is 58.0 Å². The predicted octanol–water partition coefficient (Wildman–Crippen LogP) is 2.93. The fraction of sp³-hybridized carbons (Fsp3) is 0.800. The Labute approximate surface area is 110 Å². The molecule has 1 N–H and O–H groups in total. The zero-order valence-corrected chi connectivity index (χ0v) is 11.9. The first-order chi connectivity index (χ1) is 8.53. The van der Waals surface area contributed by atoms with Crippen molar-refractivity contribution >= 4 is 0 Å². The van der Waals surface area contributed by atoms with Gasteiger partial charge in [0.2, 0.25) is 0 Å². The molecule has 3 nitrogen and oxygen atoms in total. The van der Waals surface area contributed by atoms with Crippen molar-refractivity contribution in [1.29, 1.82) is 0 Å². The maximum Gasteiger partial charge on any atom is 0.0682 e. The Balaban J connectivity index is 2.02. The molecule has 2 atom stereocenters. The van der Waals surface area contributed by atoms with Gasteiger partial charge in [0.15, 0.2) is 0 Å². The molecule has 1 heterocycles. The minimum atomic E-state index is -0.462. The summed E-state index contributed by atoms with van der Waals surface area (Å²) in [5, 5.41) is 15.2. The van der Waals surface area contributed by atoms with Gasteiger partial charge in [-0.05, 0) is 43.6 Å². The third-order valence-electron chi connectivity index (χ3n) is 4.61. The standard InChI is InChI=1S/C15H26N2O/c1-12(2)14-6-4-5-9-15(14,18)10-7-13-8-11-16-17(13)3/h8,11-12,14,18H,4-7,9-10H2,1-3H3. The van der Waals surface area contributed by atoms with E-state index in [2.05, 4.69) is 25.0 Å². The number of rotatable bonds is 4. The summed E-state index contributed by atoms with van der Waals surface area (Å²) >= 11 is 0. The molecule has 0 radical (unpaired) electrons. The molecule has 1 aromatic rings. The average Bonchev–Trinajstić information content (AvgIpc) is 2.72. The van der Waals surface area contributed by atoms with E-state index in [4.69, 9.17) is 0 Å². The second-order valence-corrected chi connectivity index (χ2v) is 6.15. The lowest BCUT2D eigenvalue weighted by molar-refractivity contribution is -0.0718. The molecule has 0 saturated heterocycles. The first-order valence-electron chi connectivity index (χ1n) is 7.22. The van der Waals surface area contributed by atoms with Gasteiger partial charge in [0.25, 0.3) is 0 Å². The molecule has 3 heteroatoms. The normalized spacial score (nSPS) is 28.8. The smallest absolute Gasteiger partial charge is 0.0682 e. The third kappa shape index (κ3) is 2.77. The van der Waals surface area contributed by atoms with Gasteiger partial charge in [-0.1, -0.05) is 26.7 Å². The maximum absolute atomic E-state index is 11.0. The van der Waals surface area contributed by atoms with Crippen molar-refractivity contribution in [2.75, 3.05) is 0 Å². The van der Waals surface area contributed by atoms with E-state index in [9.17, 15) is 5.11 Å². The van der Waals surface area contributed by atoms with Crippen molar-refractivity contribution in [3.63, 3.8) is 0 Å². The molecule has 0 aliphatic heterocycles. The highest BCUT2D eigenvalue weighted by atomic mass is 16.3. The van der Waals surface area contributed by atoms with E-state index < -0.39 is 5.60 Å². The molecule has 2 rings (SSSR count). The first kappa shape index (κ1) is 13.6. The van der Waals surface area contributed by atoms with Gasteiger partial charge in [-0.3, -0.25) is 4.68 Å². The summed E-state index contributed by atoms with van der Waals surface area (Å²) < 4.78 is 1.91. The lowest BCUT2D eigenvalue weighted by Gasteiger charge is -2.42. The summed E-state index contributed by atoms with van der Waals surface area (Å²) in [7, 11) is 1.97. The van der Waals surface area contributed by atoms with Crippen LogP contribution < -0.4 is 0 Å². The highest BCUT2D eigenvalue weighted by Gasteiger charge is 2.39. The predicted molar refractivity (Wildman–Crippen MR) is 73.3 cm³/mol. The van der Waals surface area contributed by atoms with Crippen LogP contribution >= 0.6 is 0 Å². The average molecular weight is 250 g/mol. The molecule has 102 valence electrons. The molecule has 0 aromatic carbocycles. The lowest BCUT2D eigenvalue weighted by atomic mass is 9.68. The van der Waals surface area contributed by atoms with Gasteiger partial charge >= 0.3 is 0 Å². The Bertz CT molecular complexity index is 386. The van der Waals surface area contributed by atoms with E-state index in [0.29, 0.717) is 11.8 Å². The summed E-state index contributed by atoms with van der Waals surface area (Å²) in [6, 6.07) is 2.05. The molecule has 18 heavy (non-hydrogen) atoms. The van der Waals surface area contributed by atoms with Crippen LogP contribution in [-0.4, -0.2) is 20.5 Å². The number of hydrogen-bond donors (Lipinski definition) is 1. The lowest BCUT2D eigenvalue weighted by Crippen LogP contribution is -2.43. The van der Waals surface area contributed by atoms with Crippen molar-refractivity contribution in [3.8, 4) is 0 Å². The van der Waals surface area contributed by atoms with Gasteiger partial charge in [-0.2, -0.15) is 5.10 Å². The van der Waals surface area contributed by atoms with E-state index in [0.717, 1.165) is 19.3 Å². The highest BCUT2D eigenvalue weighted by molar-refractivity contribution is 5.03. The zero-order chi connectivity index (χ0) is 13.2. The van der Waals surface area contributed by atoms with E-state index in [1.165, 1.54) is 25.0 Å². The Morgan fingerprint density at radius 2 is 2.28 bits per heavy atom. The van der Waals surface area contributed by atoms with Crippen molar-refractivity contribution in [3.05, 3.63) is 18.0 Å². The van der Waals surface area contributed by atoms with Crippen LogP contribution in [0.15, 0.2) is 12.3 Å². The number of nitrogens with zero attached hydrogens (tertiary/aromatic N) is 2. The Hall–Kier alpha value is -0.830. The van der Waals surface area contributed by atoms with Gasteiger partial charge < -0.3 is 5.11 Å². The molecular formula is C15H26N2O. The van der Waals surface area contributed by atoms with Crippen LogP contribution in [0, 0.1) is 11.8 Å². The molecule has 0 amide bonds. The molecule has 1 saturated carbocycles. The topological polar surface area (TPSA) is 38.1 Å². The Morgan fingerprint density at radius 3 is 2.89 bits per heavy atom. The van der Waals surface area contributed by atoms with Crippen LogP contribution in [0.3, 0.4) is 0 Å². The summed E-state index contributed by atoms with van der Waals surface area (Å²) in [5.41, 5.74) is 0.757. The minimum Gasteiger partial charge on any atom is -0.390 e. The van der Waals surface area contributed by atoms with Crippen LogP contribution in [-0.2, 0) is 13.5 Å². The minimum absolute atomic E-state index is 0.458. The molecule has 1 aromatic heterocycles. The molecule has 1 aliphatic rings. The van der Waals surface area contributed by atoms with Crippen LogP contribution in [0.4, 0.5) is 0 Å². The van der Waals surface area contributed by atoms with Gasteiger partial charge in [-0.15, -0.1) is 0 Å². The van der Waals surface area contributed by atoms with Crippen LogP contribution in [0.1, 0.15) is 51.6 Å². The number of hydrogen-bond acceptors (Lipinski definition) is 2.